The molecule has 2 aromatic rings. The molecule has 0 spiro atoms. The smallest absolute Gasteiger partial charge is 0.220 e. The molecule has 6 heteroatoms. The van der Waals surface area contributed by atoms with Crippen molar-refractivity contribution in [3.8, 4) is 0 Å². The average molecular weight is 309 g/mol. The quantitative estimate of drug-likeness (QED) is 0.826. The van der Waals surface area contributed by atoms with Crippen molar-refractivity contribution in [1.29, 1.82) is 0 Å². The number of carbonyl (C=O) groups excluding carboxylic acids is 1. The second kappa shape index (κ2) is 7.70. The molecule has 1 unspecified atom stereocenters. The van der Waals surface area contributed by atoms with E-state index in [2.05, 4.69) is 5.32 Å². The zero-order valence-corrected chi connectivity index (χ0v) is 11.9. The Morgan fingerprint density at radius 2 is 2.09 bits per heavy atom. The molecule has 1 heterocycles. The Balaban J connectivity index is 1.78. The topological polar surface area (TPSA) is 62.5 Å². The standard InChI is InChI=1S/C16H17F2NO3/c17-12-7-6-11(9-13(12)18)3-1-5-16(21)19-14(10-20)15-4-2-8-22-15/h2,4,6-9,14,20H,1,3,5,10H2,(H,19,21). The van der Waals surface area contributed by atoms with Crippen LogP contribution in [0.1, 0.15) is 30.2 Å². The van der Waals surface area contributed by atoms with Gasteiger partial charge in [-0.1, -0.05) is 6.07 Å². The molecule has 1 aromatic carbocycles. The van der Waals surface area contributed by atoms with Crippen molar-refractivity contribution >= 4 is 5.91 Å². The summed E-state index contributed by atoms with van der Waals surface area (Å²) < 4.78 is 31.0. The van der Waals surface area contributed by atoms with Crippen LogP contribution >= 0.6 is 0 Å². The Morgan fingerprint density at radius 1 is 1.27 bits per heavy atom. The molecule has 0 saturated carbocycles. The first kappa shape index (κ1) is 16.2. The van der Waals surface area contributed by atoms with E-state index in [1.165, 1.54) is 12.3 Å². The van der Waals surface area contributed by atoms with Crippen LogP contribution in [0.3, 0.4) is 0 Å². The number of aryl methyl sites for hydroxylation is 1. The molecular formula is C16H17F2NO3. The fourth-order valence-electron chi connectivity index (χ4n) is 2.11. The third-order valence-electron chi connectivity index (χ3n) is 3.26. The molecule has 22 heavy (non-hydrogen) atoms. The van der Waals surface area contributed by atoms with Crippen LogP contribution in [0, 0.1) is 11.6 Å². The molecule has 2 rings (SSSR count). The summed E-state index contributed by atoms with van der Waals surface area (Å²) in [7, 11) is 0. The number of halogens is 2. The Hall–Kier alpha value is -2.21. The summed E-state index contributed by atoms with van der Waals surface area (Å²) in [6.45, 7) is -0.261. The van der Waals surface area contributed by atoms with Gasteiger partial charge in [0.15, 0.2) is 11.6 Å². The van der Waals surface area contributed by atoms with Crippen molar-refractivity contribution in [3.63, 3.8) is 0 Å². The number of carbonyl (C=O) groups is 1. The van der Waals surface area contributed by atoms with E-state index in [1.54, 1.807) is 12.1 Å². The summed E-state index contributed by atoms with van der Waals surface area (Å²) >= 11 is 0. The van der Waals surface area contributed by atoms with Gasteiger partial charge in [-0.05, 0) is 42.7 Å². The van der Waals surface area contributed by atoms with Gasteiger partial charge in [0.25, 0.3) is 0 Å². The van der Waals surface area contributed by atoms with Gasteiger partial charge in [0.1, 0.15) is 11.8 Å². The van der Waals surface area contributed by atoms with Gasteiger partial charge in [-0.3, -0.25) is 4.79 Å². The van der Waals surface area contributed by atoms with Gasteiger partial charge in [0.2, 0.25) is 5.91 Å². The zero-order valence-electron chi connectivity index (χ0n) is 11.9. The van der Waals surface area contributed by atoms with Crippen LogP contribution in [0.4, 0.5) is 8.78 Å². The lowest BCUT2D eigenvalue weighted by Gasteiger charge is -2.13. The average Bonchev–Trinajstić information content (AvgIpc) is 3.02. The number of hydrogen-bond acceptors (Lipinski definition) is 3. The Bertz CT molecular complexity index is 614. The molecule has 0 aliphatic rings. The van der Waals surface area contributed by atoms with E-state index >= 15 is 0 Å². The van der Waals surface area contributed by atoms with Crippen LogP contribution in [-0.2, 0) is 11.2 Å². The van der Waals surface area contributed by atoms with Crippen LogP contribution in [0.5, 0.6) is 0 Å². The summed E-state index contributed by atoms with van der Waals surface area (Å²) in [5.74, 6) is -1.53. The first-order valence-corrected chi connectivity index (χ1v) is 6.97. The van der Waals surface area contributed by atoms with E-state index in [-0.39, 0.29) is 18.9 Å². The normalized spacial score (nSPS) is 12.1. The lowest BCUT2D eigenvalue weighted by atomic mass is 10.1. The first-order valence-electron chi connectivity index (χ1n) is 6.97. The predicted molar refractivity (Wildman–Crippen MR) is 76.0 cm³/mol. The number of furan rings is 1. The molecule has 0 aliphatic carbocycles. The molecule has 0 saturated heterocycles. The van der Waals surface area contributed by atoms with Crippen LogP contribution in [0.2, 0.25) is 0 Å². The van der Waals surface area contributed by atoms with Gasteiger partial charge >= 0.3 is 0 Å². The van der Waals surface area contributed by atoms with Crippen molar-refractivity contribution < 1.29 is 23.1 Å². The molecular weight excluding hydrogens is 292 g/mol. The highest BCUT2D eigenvalue weighted by molar-refractivity contribution is 5.76. The Kier molecular flexibility index (Phi) is 5.66. The highest BCUT2D eigenvalue weighted by atomic mass is 19.2. The van der Waals surface area contributed by atoms with Crippen LogP contribution < -0.4 is 5.32 Å². The molecule has 1 amide bonds. The number of nitrogens with one attached hydrogen (secondary N) is 1. The van der Waals surface area contributed by atoms with Crippen LogP contribution in [0.15, 0.2) is 41.0 Å². The predicted octanol–water partition coefficient (Wildman–Crippen LogP) is 2.73. The maximum atomic E-state index is 13.0. The number of aliphatic hydroxyl groups is 1. The summed E-state index contributed by atoms with van der Waals surface area (Å²) in [6.07, 6.45) is 2.64. The van der Waals surface area contributed by atoms with Crippen LogP contribution in [0.25, 0.3) is 0 Å². The van der Waals surface area contributed by atoms with E-state index in [0.29, 0.717) is 24.2 Å². The van der Waals surface area contributed by atoms with E-state index in [0.717, 1.165) is 12.1 Å². The maximum absolute atomic E-state index is 13.0. The van der Waals surface area contributed by atoms with Gasteiger partial charge in [-0.15, -0.1) is 0 Å². The zero-order chi connectivity index (χ0) is 15.9. The number of hydrogen-bond donors (Lipinski definition) is 2. The molecule has 0 fully saturated rings. The number of aliphatic hydroxyl groups excluding tert-OH is 1. The first-order chi connectivity index (χ1) is 10.6. The molecule has 0 radical (unpaired) electrons. The van der Waals surface area contributed by atoms with Gasteiger partial charge in [0.05, 0.1) is 12.9 Å². The third-order valence-corrected chi connectivity index (χ3v) is 3.26. The largest absolute Gasteiger partial charge is 0.467 e. The minimum Gasteiger partial charge on any atom is -0.467 e. The summed E-state index contributed by atoms with van der Waals surface area (Å²) in [5.41, 5.74) is 0.636. The second-order valence-electron chi connectivity index (χ2n) is 4.92. The van der Waals surface area contributed by atoms with E-state index in [4.69, 9.17) is 4.42 Å². The van der Waals surface area contributed by atoms with Crippen molar-refractivity contribution in [2.75, 3.05) is 6.61 Å². The minimum absolute atomic E-state index is 0.218. The highest BCUT2D eigenvalue weighted by Gasteiger charge is 2.15. The van der Waals surface area contributed by atoms with E-state index in [9.17, 15) is 18.7 Å². The summed E-state index contributed by atoms with van der Waals surface area (Å²) in [4.78, 5) is 11.8. The Morgan fingerprint density at radius 3 is 2.73 bits per heavy atom. The van der Waals surface area contributed by atoms with Crippen molar-refractivity contribution in [1.82, 2.24) is 5.32 Å². The van der Waals surface area contributed by atoms with Crippen molar-refractivity contribution in [2.24, 2.45) is 0 Å². The molecule has 1 atom stereocenters. The fraction of sp³-hybridized carbons (Fsp3) is 0.312. The lowest BCUT2D eigenvalue weighted by Crippen LogP contribution is -2.30. The van der Waals surface area contributed by atoms with Crippen molar-refractivity contribution in [2.45, 2.75) is 25.3 Å². The summed E-state index contributed by atoms with van der Waals surface area (Å²) in [5, 5.41) is 11.9. The number of benzene rings is 1. The second-order valence-corrected chi connectivity index (χ2v) is 4.92. The van der Waals surface area contributed by atoms with E-state index in [1.807, 2.05) is 0 Å². The SMILES string of the molecule is O=C(CCCc1ccc(F)c(F)c1)NC(CO)c1ccco1. The Labute approximate surface area is 126 Å². The minimum atomic E-state index is -0.889. The number of amides is 1. The lowest BCUT2D eigenvalue weighted by molar-refractivity contribution is -0.122. The molecule has 0 aliphatic heterocycles. The third kappa shape index (κ3) is 4.39. The fourth-order valence-corrected chi connectivity index (χ4v) is 2.11. The molecule has 118 valence electrons. The molecule has 2 N–H and O–H groups in total. The maximum Gasteiger partial charge on any atom is 0.220 e. The van der Waals surface area contributed by atoms with Crippen LogP contribution in [-0.4, -0.2) is 17.6 Å². The molecule has 1 aromatic heterocycles. The molecule has 4 nitrogen and oxygen atoms in total. The van der Waals surface area contributed by atoms with Gasteiger partial charge < -0.3 is 14.8 Å². The molecule has 0 bridgehead atoms. The van der Waals surface area contributed by atoms with E-state index < -0.39 is 17.7 Å². The monoisotopic (exact) mass is 309 g/mol. The van der Waals surface area contributed by atoms with Gasteiger partial charge in [0, 0.05) is 6.42 Å². The summed E-state index contributed by atoms with van der Waals surface area (Å²) in [6, 6.07) is 6.47. The van der Waals surface area contributed by atoms with Gasteiger partial charge in [-0.25, -0.2) is 8.78 Å². The number of rotatable bonds is 7. The van der Waals surface area contributed by atoms with Crippen molar-refractivity contribution in [3.05, 3.63) is 59.6 Å². The highest BCUT2D eigenvalue weighted by Crippen LogP contribution is 2.14. The van der Waals surface area contributed by atoms with Gasteiger partial charge in [-0.2, -0.15) is 0 Å².